The van der Waals surface area contributed by atoms with E-state index in [1.54, 1.807) is 0 Å². The van der Waals surface area contributed by atoms with E-state index >= 15 is 0 Å². The lowest BCUT2D eigenvalue weighted by Gasteiger charge is -2.19. The zero-order chi connectivity index (χ0) is 19.9. The quantitative estimate of drug-likeness (QED) is 0.540. The van der Waals surface area contributed by atoms with E-state index in [-0.39, 0.29) is 0 Å². The molecule has 3 heteroatoms. The van der Waals surface area contributed by atoms with E-state index in [4.69, 9.17) is 0 Å². The normalized spacial score (nSPS) is 11.9. The van der Waals surface area contributed by atoms with E-state index in [0.29, 0.717) is 17.8 Å². The molecule has 0 amide bonds. The molecule has 0 fully saturated rings. The smallest absolute Gasteiger partial charge is 0.113 e. The lowest BCUT2D eigenvalue weighted by Crippen LogP contribution is -2.04. The maximum atomic E-state index is 9.64. The summed E-state index contributed by atoms with van der Waals surface area (Å²) in [5.41, 5.74) is 8.73. The van der Waals surface area contributed by atoms with E-state index < -0.39 is 0 Å². The first-order valence-corrected chi connectivity index (χ1v) is 10.8. The third-order valence-electron chi connectivity index (χ3n) is 5.53. The molecule has 0 saturated heterocycles. The zero-order valence-corrected chi connectivity index (χ0v) is 19.6. The fraction of sp³-hybridized carbons (Fsp3) is 0.375. The van der Waals surface area contributed by atoms with E-state index in [9.17, 15) is 5.26 Å². The Morgan fingerprint density at radius 1 is 0.815 bits per heavy atom. The summed E-state index contributed by atoms with van der Waals surface area (Å²) in [5, 5.41) is 11.1. The van der Waals surface area contributed by atoms with Gasteiger partial charge in [0, 0.05) is 16.6 Å². The minimum atomic E-state index is 0.386. The van der Waals surface area contributed by atoms with Gasteiger partial charge in [-0.25, -0.2) is 0 Å². The van der Waals surface area contributed by atoms with E-state index in [1.807, 2.05) is 18.2 Å². The standard InChI is InChI=1S/C24H30N2Si/c1-14(2)21-19(18-10-8-7-9-17(18)13-25)11-12-20-23(21)22(15(3)4)24(16(5)6)26(20)27/h7-12,14-16H,1-6,27H3. The Hall–Kier alpha value is -2.31. The van der Waals surface area contributed by atoms with E-state index in [2.05, 4.69) is 70.0 Å². The highest BCUT2D eigenvalue weighted by Crippen LogP contribution is 2.43. The summed E-state index contributed by atoms with van der Waals surface area (Å²) >= 11 is 0. The number of rotatable bonds is 4. The lowest BCUT2D eigenvalue weighted by atomic mass is 9.84. The fourth-order valence-corrected chi connectivity index (χ4v) is 5.67. The number of aromatic nitrogens is 1. The van der Waals surface area contributed by atoms with E-state index in [0.717, 1.165) is 21.5 Å². The average molecular weight is 375 g/mol. The van der Waals surface area contributed by atoms with Crippen LogP contribution in [0.3, 0.4) is 0 Å². The predicted molar refractivity (Wildman–Crippen MR) is 120 cm³/mol. The molecule has 27 heavy (non-hydrogen) atoms. The largest absolute Gasteiger partial charge is 0.380 e. The first-order valence-electron chi connectivity index (χ1n) is 9.94. The molecule has 0 spiro atoms. The van der Waals surface area contributed by atoms with Crippen LogP contribution in [0.5, 0.6) is 0 Å². The summed E-state index contributed by atoms with van der Waals surface area (Å²) in [6, 6.07) is 14.9. The Kier molecular flexibility index (Phi) is 5.30. The van der Waals surface area contributed by atoms with Gasteiger partial charge in [-0.05, 0) is 52.1 Å². The number of fused-ring (bicyclic) bond motifs is 1. The second-order valence-electron chi connectivity index (χ2n) is 8.40. The molecule has 0 bridgehead atoms. The van der Waals surface area contributed by atoms with Crippen molar-refractivity contribution in [3.05, 3.63) is 58.8 Å². The highest BCUT2D eigenvalue weighted by molar-refractivity contribution is 6.14. The predicted octanol–water partition coefficient (Wildman–Crippen LogP) is 5.68. The molecule has 0 atom stereocenters. The Morgan fingerprint density at radius 3 is 2.00 bits per heavy atom. The fourth-order valence-electron chi connectivity index (χ4n) is 4.54. The molecule has 0 aliphatic carbocycles. The first-order chi connectivity index (χ1) is 12.8. The van der Waals surface area contributed by atoms with Crippen molar-refractivity contribution in [1.29, 1.82) is 5.26 Å². The summed E-state index contributed by atoms with van der Waals surface area (Å²) in [7, 11) is 0.978. The second kappa shape index (κ2) is 7.36. The second-order valence-corrected chi connectivity index (χ2v) is 9.29. The van der Waals surface area contributed by atoms with Gasteiger partial charge in [0.2, 0.25) is 0 Å². The Labute approximate surface area is 166 Å². The van der Waals surface area contributed by atoms with Gasteiger partial charge in [0.1, 0.15) is 10.4 Å². The molecule has 1 heterocycles. The van der Waals surface area contributed by atoms with Gasteiger partial charge in [-0.1, -0.05) is 65.8 Å². The molecule has 3 aromatic rings. The SMILES string of the molecule is CC(C)c1c(-c2ccccc2C#N)ccc2c1c(C(C)C)c(C(C)C)n2[SiH3]. The van der Waals surface area contributed by atoms with Crippen molar-refractivity contribution >= 4 is 21.3 Å². The highest BCUT2D eigenvalue weighted by Gasteiger charge is 2.25. The lowest BCUT2D eigenvalue weighted by molar-refractivity contribution is 0.766. The Balaban J connectivity index is 2.52. The van der Waals surface area contributed by atoms with Gasteiger partial charge in [-0.15, -0.1) is 0 Å². The number of nitriles is 1. The summed E-state index contributed by atoms with van der Waals surface area (Å²) in [6.07, 6.45) is 0. The topological polar surface area (TPSA) is 28.7 Å². The van der Waals surface area contributed by atoms with Crippen LogP contribution in [0, 0.1) is 11.3 Å². The van der Waals surface area contributed by atoms with Gasteiger partial charge in [0.05, 0.1) is 11.6 Å². The van der Waals surface area contributed by atoms with Crippen molar-refractivity contribution in [1.82, 2.24) is 4.23 Å². The van der Waals surface area contributed by atoms with Crippen LogP contribution in [0.1, 0.15) is 81.7 Å². The number of hydrogen-bond acceptors (Lipinski definition) is 1. The average Bonchev–Trinajstić information content (AvgIpc) is 2.93. The maximum absolute atomic E-state index is 9.64. The molecule has 1 aromatic heterocycles. The Bertz CT molecular complexity index is 1030. The monoisotopic (exact) mass is 374 g/mol. The zero-order valence-electron chi connectivity index (χ0n) is 17.6. The van der Waals surface area contributed by atoms with Crippen LogP contribution in [0.4, 0.5) is 0 Å². The minimum Gasteiger partial charge on any atom is -0.380 e. The van der Waals surface area contributed by atoms with Crippen molar-refractivity contribution in [2.24, 2.45) is 0 Å². The van der Waals surface area contributed by atoms with Gasteiger partial charge in [0.25, 0.3) is 0 Å². The molecule has 0 unspecified atom stereocenters. The van der Waals surface area contributed by atoms with Crippen LogP contribution >= 0.6 is 0 Å². The highest BCUT2D eigenvalue weighted by atomic mass is 28.2. The molecule has 140 valence electrons. The van der Waals surface area contributed by atoms with Crippen molar-refractivity contribution in [2.75, 3.05) is 0 Å². The minimum absolute atomic E-state index is 0.386. The van der Waals surface area contributed by atoms with Crippen molar-refractivity contribution in [2.45, 2.75) is 59.3 Å². The number of hydrogen-bond donors (Lipinski definition) is 0. The maximum Gasteiger partial charge on any atom is 0.113 e. The summed E-state index contributed by atoms with van der Waals surface area (Å²) in [6.45, 7) is 13.8. The molecule has 2 aromatic carbocycles. The molecule has 2 nitrogen and oxygen atoms in total. The summed E-state index contributed by atoms with van der Waals surface area (Å²) in [4.78, 5) is 0. The van der Waals surface area contributed by atoms with Crippen LogP contribution in [0.2, 0.25) is 0 Å². The first kappa shape index (κ1) is 19.4. The van der Waals surface area contributed by atoms with Crippen molar-refractivity contribution < 1.29 is 0 Å². The van der Waals surface area contributed by atoms with Crippen LogP contribution in [0.25, 0.3) is 22.0 Å². The van der Waals surface area contributed by atoms with Crippen molar-refractivity contribution in [3.63, 3.8) is 0 Å². The molecule has 0 radical (unpaired) electrons. The molecule has 0 N–H and O–H groups in total. The molecular weight excluding hydrogens is 344 g/mol. The number of nitrogens with zero attached hydrogens (tertiary/aromatic N) is 2. The third kappa shape index (κ3) is 3.13. The molecule has 3 rings (SSSR count). The van der Waals surface area contributed by atoms with Crippen LogP contribution < -0.4 is 0 Å². The van der Waals surface area contributed by atoms with Gasteiger partial charge >= 0.3 is 0 Å². The van der Waals surface area contributed by atoms with Gasteiger partial charge < -0.3 is 4.23 Å². The summed E-state index contributed by atoms with van der Waals surface area (Å²) in [5.74, 6) is 1.36. The number of benzene rings is 2. The van der Waals surface area contributed by atoms with Crippen LogP contribution in [0.15, 0.2) is 36.4 Å². The molecule has 0 aliphatic heterocycles. The van der Waals surface area contributed by atoms with Gasteiger partial charge in [-0.2, -0.15) is 5.26 Å². The molecular formula is C24H30N2Si. The Morgan fingerprint density at radius 2 is 1.44 bits per heavy atom. The van der Waals surface area contributed by atoms with E-state index in [1.165, 1.54) is 33.3 Å². The van der Waals surface area contributed by atoms with Crippen LogP contribution in [-0.2, 0) is 0 Å². The summed E-state index contributed by atoms with van der Waals surface area (Å²) < 4.78 is 2.52. The molecule has 0 saturated carbocycles. The van der Waals surface area contributed by atoms with Gasteiger partial charge in [-0.3, -0.25) is 0 Å². The van der Waals surface area contributed by atoms with Gasteiger partial charge in [0.15, 0.2) is 0 Å². The van der Waals surface area contributed by atoms with Crippen molar-refractivity contribution in [3.8, 4) is 17.2 Å². The third-order valence-corrected chi connectivity index (χ3v) is 6.49. The van der Waals surface area contributed by atoms with Crippen LogP contribution in [-0.4, -0.2) is 14.6 Å². The molecule has 0 aliphatic rings.